The maximum Gasteiger partial charge on any atom is 0.255 e. The summed E-state index contributed by atoms with van der Waals surface area (Å²) in [4.78, 5) is 24.6. The standard InChI is InChI=1S/C17H30N4O/c1-4-6-7-8-9-15-14(3)18-17(19-16(15)22)21-12-10-20(5-2)11-13-21/h4-13H2,1-3H3,(H,18,19,22). The lowest BCUT2D eigenvalue weighted by Gasteiger charge is -2.34. The van der Waals surface area contributed by atoms with Crippen LogP contribution in [-0.4, -0.2) is 47.6 Å². The van der Waals surface area contributed by atoms with E-state index in [2.05, 4.69) is 33.6 Å². The summed E-state index contributed by atoms with van der Waals surface area (Å²) in [6, 6.07) is 0. The molecule has 0 amide bonds. The van der Waals surface area contributed by atoms with Crippen LogP contribution in [-0.2, 0) is 6.42 Å². The number of anilines is 1. The van der Waals surface area contributed by atoms with Crippen LogP contribution in [0.4, 0.5) is 5.95 Å². The van der Waals surface area contributed by atoms with Crippen molar-refractivity contribution in [3.05, 3.63) is 21.6 Å². The van der Waals surface area contributed by atoms with E-state index in [0.717, 1.165) is 62.8 Å². The van der Waals surface area contributed by atoms with Gasteiger partial charge in [-0.15, -0.1) is 0 Å². The lowest BCUT2D eigenvalue weighted by molar-refractivity contribution is 0.269. The van der Waals surface area contributed by atoms with Crippen molar-refractivity contribution in [2.75, 3.05) is 37.6 Å². The molecule has 124 valence electrons. The van der Waals surface area contributed by atoms with Gasteiger partial charge in [-0.1, -0.05) is 33.1 Å². The molecule has 1 aliphatic rings. The van der Waals surface area contributed by atoms with Crippen molar-refractivity contribution in [2.24, 2.45) is 0 Å². The number of unbranched alkanes of at least 4 members (excludes halogenated alkanes) is 3. The molecule has 0 atom stereocenters. The summed E-state index contributed by atoms with van der Waals surface area (Å²) in [5.74, 6) is 0.746. The summed E-state index contributed by atoms with van der Waals surface area (Å²) >= 11 is 0. The minimum Gasteiger partial charge on any atom is -0.340 e. The molecule has 0 aliphatic carbocycles. The fourth-order valence-corrected chi connectivity index (χ4v) is 3.04. The molecule has 0 spiro atoms. The van der Waals surface area contributed by atoms with Crippen LogP contribution in [0.2, 0.25) is 0 Å². The van der Waals surface area contributed by atoms with Crippen LogP contribution >= 0.6 is 0 Å². The number of likely N-dealkylation sites (N-methyl/N-ethyl adjacent to an activating group) is 1. The largest absolute Gasteiger partial charge is 0.340 e. The molecule has 2 heterocycles. The summed E-state index contributed by atoms with van der Waals surface area (Å²) in [6.45, 7) is 11.4. The number of rotatable bonds is 7. The number of aryl methyl sites for hydroxylation is 1. The zero-order valence-electron chi connectivity index (χ0n) is 14.3. The van der Waals surface area contributed by atoms with Gasteiger partial charge in [-0.05, 0) is 26.3 Å². The van der Waals surface area contributed by atoms with Crippen LogP contribution in [0.3, 0.4) is 0 Å². The number of hydrogen-bond acceptors (Lipinski definition) is 4. The highest BCUT2D eigenvalue weighted by molar-refractivity contribution is 5.33. The molecule has 0 bridgehead atoms. The molecule has 1 saturated heterocycles. The molecule has 0 unspecified atom stereocenters. The smallest absolute Gasteiger partial charge is 0.255 e. The van der Waals surface area contributed by atoms with E-state index in [0.29, 0.717) is 0 Å². The summed E-state index contributed by atoms with van der Waals surface area (Å²) in [7, 11) is 0. The Balaban J connectivity index is 2.01. The molecule has 5 heteroatoms. The van der Waals surface area contributed by atoms with Crippen LogP contribution in [0, 0.1) is 6.92 Å². The number of hydrogen-bond donors (Lipinski definition) is 1. The predicted octanol–water partition coefficient (Wildman–Crippen LogP) is 2.34. The Hall–Kier alpha value is -1.36. The van der Waals surface area contributed by atoms with E-state index in [9.17, 15) is 4.79 Å². The van der Waals surface area contributed by atoms with Crippen molar-refractivity contribution < 1.29 is 0 Å². The van der Waals surface area contributed by atoms with Gasteiger partial charge in [0.15, 0.2) is 0 Å². The molecular formula is C17H30N4O. The van der Waals surface area contributed by atoms with Gasteiger partial charge in [-0.2, -0.15) is 0 Å². The lowest BCUT2D eigenvalue weighted by atomic mass is 10.1. The number of H-pyrrole nitrogens is 1. The summed E-state index contributed by atoms with van der Waals surface area (Å²) in [6.07, 6.45) is 5.57. The fraction of sp³-hybridized carbons (Fsp3) is 0.765. The maximum atomic E-state index is 12.4. The van der Waals surface area contributed by atoms with Crippen LogP contribution in [0.15, 0.2) is 4.79 Å². The normalized spacial score (nSPS) is 16.2. The van der Waals surface area contributed by atoms with E-state index in [1.54, 1.807) is 0 Å². The molecule has 1 aliphatic heterocycles. The highest BCUT2D eigenvalue weighted by atomic mass is 16.1. The molecule has 1 fully saturated rings. The van der Waals surface area contributed by atoms with Crippen molar-refractivity contribution in [1.82, 2.24) is 14.9 Å². The van der Waals surface area contributed by atoms with Gasteiger partial charge in [-0.25, -0.2) is 4.98 Å². The summed E-state index contributed by atoms with van der Waals surface area (Å²) in [5.41, 5.74) is 1.82. The first-order valence-corrected chi connectivity index (χ1v) is 8.72. The van der Waals surface area contributed by atoms with Gasteiger partial charge >= 0.3 is 0 Å². The third-order valence-electron chi connectivity index (χ3n) is 4.61. The number of nitrogens with one attached hydrogen (secondary N) is 1. The van der Waals surface area contributed by atoms with E-state index >= 15 is 0 Å². The molecule has 5 nitrogen and oxygen atoms in total. The second kappa shape index (κ2) is 8.32. The van der Waals surface area contributed by atoms with E-state index < -0.39 is 0 Å². The van der Waals surface area contributed by atoms with Gasteiger partial charge in [0.1, 0.15) is 0 Å². The average Bonchev–Trinajstić information content (AvgIpc) is 2.53. The monoisotopic (exact) mass is 306 g/mol. The van der Waals surface area contributed by atoms with Gasteiger partial charge in [0.25, 0.3) is 5.56 Å². The van der Waals surface area contributed by atoms with Crippen molar-refractivity contribution in [3.8, 4) is 0 Å². The maximum absolute atomic E-state index is 12.4. The number of aromatic nitrogens is 2. The first-order chi connectivity index (χ1) is 10.7. The Morgan fingerprint density at radius 3 is 2.41 bits per heavy atom. The molecule has 0 radical (unpaired) electrons. The highest BCUT2D eigenvalue weighted by Gasteiger charge is 2.18. The Morgan fingerprint density at radius 1 is 1.09 bits per heavy atom. The quantitative estimate of drug-likeness (QED) is 0.786. The molecule has 2 rings (SSSR count). The molecule has 22 heavy (non-hydrogen) atoms. The molecule has 0 saturated carbocycles. The first kappa shape index (κ1) is 17.0. The Labute approximate surface area is 133 Å². The fourth-order valence-electron chi connectivity index (χ4n) is 3.04. The third kappa shape index (κ3) is 4.32. The zero-order chi connectivity index (χ0) is 15.9. The number of piperazine rings is 1. The van der Waals surface area contributed by atoms with Crippen molar-refractivity contribution in [2.45, 2.75) is 52.9 Å². The Kier molecular flexibility index (Phi) is 6.43. The van der Waals surface area contributed by atoms with Crippen LogP contribution in [0.25, 0.3) is 0 Å². The molecular weight excluding hydrogens is 276 g/mol. The van der Waals surface area contributed by atoms with Gasteiger partial charge in [-0.3, -0.25) is 9.78 Å². The molecule has 0 aromatic carbocycles. The molecule has 1 aromatic heterocycles. The summed E-state index contributed by atoms with van der Waals surface area (Å²) in [5, 5.41) is 0. The lowest BCUT2D eigenvalue weighted by Crippen LogP contribution is -2.47. The van der Waals surface area contributed by atoms with Crippen LogP contribution < -0.4 is 10.5 Å². The van der Waals surface area contributed by atoms with Crippen molar-refractivity contribution in [3.63, 3.8) is 0 Å². The van der Waals surface area contributed by atoms with E-state index in [1.807, 2.05) is 6.92 Å². The minimum absolute atomic E-state index is 0.0527. The van der Waals surface area contributed by atoms with E-state index in [1.165, 1.54) is 19.3 Å². The second-order valence-corrected chi connectivity index (χ2v) is 6.19. The van der Waals surface area contributed by atoms with Crippen molar-refractivity contribution >= 4 is 5.95 Å². The van der Waals surface area contributed by atoms with Gasteiger partial charge in [0, 0.05) is 37.4 Å². The first-order valence-electron chi connectivity index (χ1n) is 8.72. The van der Waals surface area contributed by atoms with Gasteiger partial charge in [0.05, 0.1) is 0 Å². The number of aromatic amines is 1. The predicted molar refractivity (Wildman–Crippen MR) is 91.8 cm³/mol. The molecule has 1 N–H and O–H groups in total. The summed E-state index contributed by atoms with van der Waals surface area (Å²) < 4.78 is 0. The Bertz CT molecular complexity index is 518. The zero-order valence-corrected chi connectivity index (χ0v) is 14.3. The van der Waals surface area contributed by atoms with Gasteiger partial charge < -0.3 is 9.80 Å². The third-order valence-corrected chi connectivity index (χ3v) is 4.61. The molecule has 1 aromatic rings. The SMILES string of the molecule is CCCCCCc1c(C)nc(N2CCN(CC)CC2)[nH]c1=O. The van der Waals surface area contributed by atoms with Crippen LogP contribution in [0.5, 0.6) is 0 Å². The highest BCUT2D eigenvalue weighted by Crippen LogP contribution is 2.13. The Morgan fingerprint density at radius 2 is 1.82 bits per heavy atom. The topological polar surface area (TPSA) is 52.2 Å². The van der Waals surface area contributed by atoms with E-state index in [-0.39, 0.29) is 5.56 Å². The van der Waals surface area contributed by atoms with Gasteiger partial charge in [0.2, 0.25) is 5.95 Å². The van der Waals surface area contributed by atoms with E-state index in [4.69, 9.17) is 0 Å². The minimum atomic E-state index is 0.0527. The average molecular weight is 306 g/mol. The second-order valence-electron chi connectivity index (χ2n) is 6.19. The number of nitrogens with zero attached hydrogens (tertiary/aromatic N) is 3. The van der Waals surface area contributed by atoms with Crippen molar-refractivity contribution in [1.29, 1.82) is 0 Å². The van der Waals surface area contributed by atoms with Crippen LogP contribution in [0.1, 0.15) is 50.8 Å².